The lowest BCUT2D eigenvalue weighted by Crippen LogP contribution is -2.53. The first-order valence-electron chi connectivity index (χ1n) is 10.1. The number of benzene rings is 2. The molecule has 1 atom stereocenters. The summed E-state index contributed by atoms with van der Waals surface area (Å²) in [6, 6.07) is 22.1. The van der Waals surface area contributed by atoms with E-state index >= 15 is 0 Å². The molecule has 1 aliphatic heterocycles. The van der Waals surface area contributed by atoms with E-state index in [2.05, 4.69) is 83.8 Å². The van der Waals surface area contributed by atoms with Crippen LogP contribution < -0.4 is 0 Å². The molecule has 3 heteroatoms. The number of allylic oxidation sites excluding steroid dienone is 2. The Kier molecular flexibility index (Phi) is 5.13. The first-order valence-corrected chi connectivity index (χ1v) is 10.9. The van der Waals surface area contributed by atoms with Crippen LogP contribution in [0.15, 0.2) is 84.5 Å². The minimum absolute atomic E-state index is 0.324. The molecule has 0 amide bonds. The largest absolute Gasteiger partial charge is 0.370 e. The van der Waals surface area contributed by atoms with Crippen LogP contribution in [0.5, 0.6) is 0 Å². The van der Waals surface area contributed by atoms with Gasteiger partial charge >= 0.3 is 0 Å². The molecule has 3 aromatic rings. The van der Waals surface area contributed by atoms with Crippen LogP contribution in [0.3, 0.4) is 0 Å². The Morgan fingerprint density at radius 3 is 2.61 bits per heavy atom. The summed E-state index contributed by atoms with van der Waals surface area (Å²) < 4.78 is 7.57. The monoisotopic (exact) mass is 387 g/mol. The van der Waals surface area contributed by atoms with Crippen LogP contribution in [0.25, 0.3) is 10.1 Å². The van der Waals surface area contributed by atoms with Gasteiger partial charge in [0.2, 0.25) is 0 Å². The Balaban J connectivity index is 1.23. The van der Waals surface area contributed by atoms with Crippen LogP contribution in [0, 0.1) is 0 Å². The van der Waals surface area contributed by atoms with Gasteiger partial charge in [-0.1, -0.05) is 66.8 Å². The smallest absolute Gasteiger partial charge is 0.0834 e. The van der Waals surface area contributed by atoms with E-state index in [1.807, 2.05) is 11.3 Å². The predicted molar refractivity (Wildman–Crippen MR) is 118 cm³/mol. The Labute approximate surface area is 170 Å². The number of nitrogens with zero attached hydrogens (tertiary/aromatic N) is 1. The fraction of sp³-hybridized carbons (Fsp3) is 0.280. The number of hydrogen-bond acceptors (Lipinski definition) is 3. The van der Waals surface area contributed by atoms with E-state index < -0.39 is 0 Å². The van der Waals surface area contributed by atoms with Crippen LogP contribution in [0.2, 0.25) is 0 Å². The van der Waals surface area contributed by atoms with Crippen molar-refractivity contribution in [2.75, 3.05) is 13.1 Å². The van der Waals surface area contributed by atoms with Gasteiger partial charge in [0.15, 0.2) is 0 Å². The van der Waals surface area contributed by atoms with Crippen molar-refractivity contribution < 1.29 is 4.74 Å². The molecule has 1 unspecified atom stereocenters. The van der Waals surface area contributed by atoms with Crippen LogP contribution in [0.4, 0.5) is 0 Å². The summed E-state index contributed by atoms with van der Waals surface area (Å²) in [5.74, 6) is 0. The van der Waals surface area contributed by atoms with Crippen molar-refractivity contribution in [2.45, 2.75) is 31.6 Å². The number of thiophene rings is 1. The fourth-order valence-electron chi connectivity index (χ4n) is 4.18. The molecule has 2 aliphatic rings. The number of likely N-dealkylation sites (tertiary alicyclic amines) is 1. The molecule has 0 radical (unpaired) electrons. The van der Waals surface area contributed by atoms with Crippen molar-refractivity contribution in [3.63, 3.8) is 0 Å². The normalized spacial score (nSPS) is 18.8. The van der Waals surface area contributed by atoms with Crippen LogP contribution in [0.1, 0.15) is 29.3 Å². The molecule has 2 nitrogen and oxygen atoms in total. The van der Waals surface area contributed by atoms with Gasteiger partial charge in [-0.05, 0) is 41.5 Å². The minimum atomic E-state index is 0.324. The Morgan fingerprint density at radius 2 is 1.82 bits per heavy atom. The van der Waals surface area contributed by atoms with E-state index in [1.54, 1.807) is 0 Å². The van der Waals surface area contributed by atoms with Crippen LogP contribution in [-0.4, -0.2) is 24.1 Å². The van der Waals surface area contributed by atoms with Crippen molar-refractivity contribution in [3.8, 4) is 0 Å². The molecule has 2 aromatic carbocycles. The van der Waals surface area contributed by atoms with Gasteiger partial charge in [-0.25, -0.2) is 0 Å². The topological polar surface area (TPSA) is 12.5 Å². The highest BCUT2D eigenvalue weighted by Crippen LogP contribution is 2.36. The van der Waals surface area contributed by atoms with Gasteiger partial charge in [0.1, 0.15) is 0 Å². The van der Waals surface area contributed by atoms with E-state index in [1.165, 1.54) is 26.1 Å². The molecule has 0 spiro atoms. The molecule has 2 heterocycles. The number of fused-ring (bicyclic) bond motifs is 1. The van der Waals surface area contributed by atoms with E-state index in [0.29, 0.717) is 12.1 Å². The SMILES string of the molecule is C1=CC(C(c2ccccc2)N2CC(OCc3cc4ccccc4s3)C2)=CCC1. The van der Waals surface area contributed by atoms with E-state index in [9.17, 15) is 0 Å². The average molecular weight is 388 g/mol. The second-order valence-corrected chi connectivity index (χ2v) is 8.80. The van der Waals surface area contributed by atoms with Gasteiger partial charge in [0.25, 0.3) is 0 Å². The Bertz CT molecular complexity index is 965. The zero-order valence-corrected chi connectivity index (χ0v) is 16.8. The lowest BCUT2D eigenvalue weighted by molar-refractivity contribution is -0.0735. The Morgan fingerprint density at radius 1 is 1.00 bits per heavy atom. The first-order chi connectivity index (χ1) is 13.9. The molecule has 1 saturated heterocycles. The van der Waals surface area contributed by atoms with Gasteiger partial charge < -0.3 is 4.74 Å². The standard InChI is InChI=1S/C25H25NOS/c1-3-9-19(10-4-1)25(20-11-5-2-6-12-20)26-16-22(17-26)27-18-23-15-21-13-7-8-14-24(21)28-23/h1,3-5,7-15,22,25H,2,6,16-18H2. The molecule has 1 aliphatic carbocycles. The quantitative estimate of drug-likeness (QED) is 0.505. The zero-order chi connectivity index (χ0) is 18.8. The lowest BCUT2D eigenvalue weighted by Gasteiger charge is -2.45. The third-order valence-electron chi connectivity index (χ3n) is 5.63. The molecule has 1 aromatic heterocycles. The van der Waals surface area contributed by atoms with Crippen LogP contribution in [-0.2, 0) is 11.3 Å². The van der Waals surface area contributed by atoms with Crippen LogP contribution >= 0.6 is 11.3 Å². The molecule has 0 N–H and O–H groups in total. The lowest BCUT2D eigenvalue weighted by atomic mass is 9.90. The average Bonchev–Trinajstić information content (AvgIpc) is 3.14. The first kappa shape index (κ1) is 17.9. The van der Waals surface area contributed by atoms with Crippen molar-refractivity contribution in [1.29, 1.82) is 0 Å². The molecule has 5 rings (SSSR count). The second-order valence-electron chi connectivity index (χ2n) is 7.63. The molecule has 0 saturated carbocycles. The number of hydrogen-bond donors (Lipinski definition) is 0. The predicted octanol–water partition coefficient (Wildman–Crippen LogP) is 6.12. The van der Waals surface area contributed by atoms with Gasteiger partial charge in [-0.15, -0.1) is 11.3 Å². The number of ether oxygens (including phenoxy) is 1. The van der Waals surface area contributed by atoms with Gasteiger partial charge in [-0.3, -0.25) is 4.90 Å². The molecule has 28 heavy (non-hydrogen) atoms. The molecule has 0 bridgehead atoms. The molecule has 142 valence electrons. The van der Waals surface area contributed by atoms with Crippen molar-refractivity contribution in [3.05, 3.63) is 94.9 Å². The zero-order valence-electron chi connectivity index (χ0n) is 16.0. The fourth-order valence-corrected chi connectivity index (χ4v) is 5.17. The second kappa shape index (κ2) is 8.04. The van der Waals surface area contributed by atoms with E-state index in [0.717, 1.165) is 32.5 Å². The summed E-state index contributed by atoms with van der Waals surface area (Å²) >= 11 is 1.84. The summed E-state index contributed by atoms with van der Waals surface area (Å²) in [6.07, 6.45) is 9.65. The molecular weight excluding hydrogens is 362 g/mol. The minimum Gasteiger partial charge on any atom is -0.370 e. The molecule has 1 fully saturated rings. The maximum absolute atomic E-state index is 6.23. The maximum Gasteiger partial charge on any atom is 0.0834 e. The highest BCUT2D eigenvalue weighted by atomic mass is 32.1. The summed E-state index contributed by atoms with van der Waals surface area (Å²) in [5.41, 5.74) is 2.81. The van der Waals surface area contributed by atoms with E-state index in [4.69, 9.17) is 4.74 Å². The van der Waals surface area contributed by atoms with Crippen molar-refractivity contribution in [2.24, 2.45) is 0 Å². The molecular formula is C25H25NOS. The number of rotatable bonds is 6. The van der Waals surface area contributed by atoms with Gasteiger partial charge in [-0.2, -0.15) is 0 Å². The van der Waals surface area contributed by atoms with Crippen molar-refractivity contribution >= 4 is 21.4 Å². The third kappa shape index (κ3) is 3.70. The van der Waals surface area contributed by atoms with Gasteiger partial charge in [0.05, 0.1) is 18.8 Å². The third-order valence-corrected chi connectivity index (χ3v) is 6.72. The van der Waals surface area contributed by atoms with Crippen molar-refractivity contribution in [1.82, 2.24) is 4.90 Å². The van der Waals surface area contributed by atoms with Gasteiger partial charge in [0, 0.05) is 22.7 Å². The summed E-state index contributed by atoms with van der Waals surface area (Å²) in [5, 5.41) is 1.32. The maximum atomic E-state index is 6.23. The van der Waals surface area contributed by atoms with E-state index in [-0.39, 0.29) is 0 Å². The highest BCUT2D eigenvalue weighted by molar-refractivity contribution is 7.19. The summed E-state index contributed by atoms with van der Waals surface area (Å²) in [7, 11) is 0. The summed E-state index contributed by atoms with van der Waals surface area (Å²) in [4.78, 5) is 3.86. The summed E-state index contributed by atoms with van der Waals surface area (Å²) in [6.45, 7) is 2.71. The Hall–Kier alpha value is -2.20. The highest BCUT2D eigenvalue weighted by Gasteiger charge is 2.35.